The van der Waals surface area contributed by atoms with Crippen LogP contribution < -0.4 is 5.43 Å². The van der Waals surface area contributed by atoms with Crippen molar-refractivity contribution < 1.29 is 4.79 Å². The van der Waals surface area contributed by atoms with Gasteiger partial charge in [-0.3, -0.25) is 4.79 Å². The maximum Gasteiger partial charge on any atom is 0.271 e. The Balaban J connectivity index is 1.39. The van der Waals surface area contributed by atoms with Gasteiger partial charge in [-0.2, -0.15) is 5.10 Å². The molecule has 0 saturated heterocycles. The Hall–Kier alpha value is -3.90. The zero-order valence-corrected chi connectivity index (χ0v) is 19.0. The number of benzene rings is 3. The van der Waals surface area contributed by atoms with Crippen LogP contribution in [0.1, 0.15) is 28.5 Å². The lowest BCUT2D eigenvalue weighted by atomic mass is 10.1. The third-order valence-corrected chi connectivity index (χ3v) is 6.16. The van der Waals surface area contributed by atoms with E-state index in [0.717, 1.165) is 45.3 Å². The zero-order chi connectivity index (χ0) is 22.9. The molecule has 0 aliphatic rings. The van der Waals surface area contributed by atoms with Crippen molar-refractivity contribution in [1.29, 1.82) is 0 Å². The van der Waals surface area contributed by atoms with E-state index in [1.807, 2.05) is 42.5 Å². The molecule has 0 bridgehead atoms. The highest BCUT2D eigenvalue weighted by molar-refractivity contribution is 6.33. The van der Waals surface area contributed by atoms with Gasteiger partial charge in [0.05, 0.1) is 22.3 Å². The molecule has 0 aliphatic heterocycles. The molecule has 0 atom stereocenters. The Labute approximate surface area is 195 Å². The summed E-state index contributed by atoms with van der Waals surface area (Å²) < 4.78 is 2.24. The standard InChI is InChI=1S/C26H22ClN5O/c1-3-32-16(2)20(18-8-5-7-11-24(18)32)15-28-31-26(33)17-12-13-22-23(14-17)30-25(29-22)19-9-4-6-10-21(19)27/h4-15H,3H2,1-2H3,(H,29,30)(H,31,33)/b28-15+. The summed E-state index contributed by atoms with van der Waals surface area (Å²) in [6.07, 6.45) is 1.71. The first-order valence-electron chi connectivity index (χ1n) is 10.7. The maximum absolute atomic E-state index is 12.7. The molecule has 3 aromatic carbocycles. The third-order valence-electron chi connectivity index (χ3n) is 5.83. The molecular formula is C26H22ClN5O. The van der Waals surface area contributed by atoms with Gasteiger partial charge in [-0.1, -0.05) is 41.9 Å². The van der Waals surface area contributed by atoms with Gasteiger partial charge in [0.25, 0.3) is 5.91 Å². The van der Waals surface area contributed by atoms with Crippen LogP contribution in [0.5, 0.6) is 0 Å². The number of hydrogen-bond donors (Lipinski definition) is 2. The largest absolute Gasteiger partial charge is 0.344 e. The fraction of sp³-hybridized carbons (Fsp3) is 0.115. The van der Waals surface area contributed by atoms with Crippen LogP contribution in [-0.2, 0) is 6.54 Å². The number of H-pyrrole nitrogens is 1. The van der Waals surface area contributed by atoms with Gasteiger partial charge in [-0.25, -0.2) is 10.4 Å². The predicted molar refractivity (Wildman–Crippen MR) is 134 cm³/mol. The fourth-order valence-electron chi connectivity index (χ4n) is 4.18. The van der Waals surface area contributed by atoms with E-state index >= 15 is 0 Å². The molecule has 0 radical (unpaired) electrons. The van der Waals surface area contributed by atoms with Crippen LogP contribution in [0.4, 0.5) is 0 Å². The lowest BCUT2D eigenvalue weighted by molar-refractivity contribution is 0.0955. The number of hydrogen-bond acceptors (Lipinski definition) is 3. The lowest BCUT2D eigenvalue weighted by Crippen LogP contribution is -2.17. The van der Waals surface area contributed by atoms with E-state index in [1.165, 1.54) is 0 Å². The zero-order valence-electron chi connectivity index (χ0n) is 18.3. The second-order valence-corrected chi connectivity index (χ2v) is 8.16. The Morgan fingerprint density at radius 3 is 2.76 bits per heavy atom. The summed E-state index contributed by atoms with van der Waals surface area (Å²) in [6.45, 7) is 5.05. The van der Waals surface area contributed by atoms with E-state index in [4.69, 9.17) is 11.6 Å². The first kappa shape index (κ1) is 21.0. The molecule has 0 aliphatic carbocycles. The van der Waals surface area contributed by atoms with Gasteiger partial charge in [-0.15, -0.1) is 0 Å². The second kappa shape index (κ2) is 8.56. The average molecular weight is 456 g/mol. The molecule has 6 nitrogen and oxygen atoms in total. The normalized spacial score (nSPS) is 11.6. The number of rotatable bonds is 5. The highest BCUT2D eigenvalue weighted by Gasteiger charge is 2.13. The number of imidazole rings is 1. The number of nitrogens with zero attached hydrogens (tertiary/aromatic N) is 3. The molecule has 5 rings (SSSR count). The van der Waals surface area contributed by atoms with Gasteiger partial charge in [-0.05, 0) is 50.2 Å². The molecule has 0 fully saturated rings. The van der Waals surface area contributed by atoms with Gasteiger partial charge >= 0.3 is 0 Å². The van der Waals surface area contributed by atoms with Crippen LogP contribution >= 0.6 is 11.6 Å². The highest BCUT2D eigenvalue weighted by Crippen LogP contribution is 2.27. The number of carbonyl (C=O) groups excluding carboxylic acids is 1. The average Bonchev–Trinajstić information content (AvgIpc) is 3.37. The SMILES string of the molecule is CCn1c(C)c(/C=N/NC(=O)c2ccc3nc(-c4ccccc4Cl)[nH]c3c2)c2ccccc21. The van der Waals surface area contributed by atoms with E-state index < -0.39 is 0 Å². The van der Waals surface area contributed by atoms with Crippen molar-refractivity contribution in [3.63, 3.8) is 0 Å². The van der Waals surface area contributed by atoms with E-state index in [0.29, 0.717) is 16.4 Å². The molecule has 5 aromatic rings. The highest BCUT2D eigenvalue weighted by atomic mass is 35.5. The summed E-state index contributed by atoms with van der Waals surface area (Å²) in [4.78, 5) is 20.6. The summed E-state index contributed by atoms with van der Waals surface area (Å²) in [6, 6.07) is 21.0. The van der Waals surface area contributed by atoms with Crippen LogP contribution in [0.15, 0.2) is 71.8 Å². The minimum atomic E-state index is -0.293. The molecule has 0 unspecified atom stereocenters. The number of aromatic amines is 1. The maximum atomic E-state index is 12.7. The Bertz CT molecular complexity index is 1530. The Morgan fingerprint density at radius 2 is 1.94 bits per heavy atom. The quantitative estimate of drug-likeness (QED) is 0.254. The van der Waals surface area contributed by atoms with Gasteiger partial charge in [0.1, 0.15) is 5.82 Å². The van der Waals surface area contributed by atoms with Gasteiger partial charge in [0, 0.05) is 39.8 Å². The molecular weight excluding hydrogens is 434 g/mol. The molecule has 7 heteroatoms. The fourth-order valence-corrected chi connectivity index (χ4v) is 4.41. The van der Waals surface area contributed by atoms with Crippen molar-refractivity contribution in [3.05, 3.63) is 88.6 Å². The van der Waals surface area contributed by atoms with Crippen molar-refractivity contribution in [2.45, 2.75) is 20.4 Å². The first-order valence-corrected chi connectivity index (χ1v) is 11.1. The predicted octanol–water partition coefficient (Wildman–Crippen LogP) is 5.93. The summed E-state index contributed by atoms with van der Waals surface area (Å²) >= 11 is 6.29. The van der Waals surface area contributed by atoms with Crippen LogP contribution in [0, 0.1) is 6.92 Å². The van der Waals surface area contributed by atoms with Crippen LogP contribution in [0.3, 0.4) is 0 Å². The van der Waals surface area contributed by atoms with Crippen molar-refractivity contribution in [3.8, 4) is 11.4 Å². The first-order chi connectivity index (χ1) is 16.1. The van der Waals surface area contributed by atoms with E-state index in [1.54, 1.807) is 18.3 Å². The Kier molecular flexibility index (Phi) is 5.44. The lowest BCUT2D eigenvalue weighted by Gasteiger charge is -2.03. The topological polar surface area (TPSA) is 75.1 Å². The van der Waals surface area contributed by atoms with E-state index in [-0.39, 0.29) is 5.91 Å². The van der Waals surface area contributed by atoms with E-state index in [2.05, 4.69) is 51.0 Å². The Morgan fingerprint density at radius 1 is 1.15 bits per heavy atom. The van der Waals surface area contributed by atoms with Crippen molar-refractivity contribution in [2.75, 3.05) is 0 Å². The second-order valence-electron chi connectivity index (χ2n) is 7.76. The number of amides is 1. The number of para-hydroxylation sites is 1. The summed E-state index contributed by atoms with van der Waals surface area (Å²) in [7, 11) is 0. The van der Waals surface area contributed by atoms with E-state index in [9.17, 15) is 4.79 Å². The minimum absolute atomic E-state index is 0.293. The molecule has 2 N–H and O–H groups in total. The van der Waals surface area contributed by atoms with Crippen LogP contribution in [-0.4, -0.2) is 26.7 Å². The minimum Gasteiger partial charge on any atom is -0.344 e. The number of halogens is 1. The number of fused-ring (bicyclic) bond motifs is 2. The van der Waals surface area contributed by atoms with Gasteiger partial charge in [0.2, 0.25) is 0 Å². The smallest absolute Gasteiger partial charge is 0.271 e. The van der Waals surface area contributed by atoms with Crippen LogP contribution in [0.2, 0.25) is 5.02 Å². The molecule has 1 amide bonds. The number of nitrogens with one attached hydrogen (secondary N) is 2. The van der Waals surface area contributed by atoms with Crippen molar-refractivity contribution >= 4 is 45.7 Å². The molecule has 2 aromatic heterocycles. The number of aryl methyl sites for hydroxylation is 1. The monoisotopic (exact) mass is 455 g/mol. The summed E-state index contributed by atoms with van der Waals surface area (Å²) in [5.41, 5.74) is 8.73. The van der Waals surface area contributed by atoms with Crippen molar-refractivity contribution in [2.24, 2.45) is 5.10 Å². The third kappa shape index (κ3) is 3.79. The molecule has 33 heavy (non-hydrogen) atoms. The molecule has 164 valence electrons. The van der Waals surface area contributed by atoms with Crippen molar-refractivity contribution in [1.82, 2.24) is 20.0 Å². The molecule has 2 heterocycles. The van der Waals surface area contributed by atoms with Gasteiger partial charge in [0.15, 0.2) is 0 Å². The van der Waals surface area contributed by atoms with Gasteiger partial charge < -0.3 is 9.55 Å². The molecule has 0 saturated carbocycles. The summed E-state index contributed by atoms with van der Waals surface area (Å²) in [5.74, 6) is 0.368. The summed E-state index contributed by atoms with van der Waals surface area (Å²) in [5, 5.41) is 5.97. The number of hydrazone groups is 1. The van der Waals surface area contributed by atoms with Crippen LogP contribution in [0.25, 0.3) is 33.3 Å². The number of carbonyl (C=O) groups is 1. The molecule has 0 spiro atoms. The number of aromatic nitrogens is 3.